The molecule has 0 aromatic heterocycles. The Balaban J connectivity index is 0.000000240. The van der Waals surface area contributed by atoms with E-state index in [2.05, 4.69) is 10.6 Å². The molecule has 0 atom stereocenters. The summed E-state index contributed by atoms with van der Waals surface area (Å²) in [4.78, 5) is 21.6. The number of amides is 2. The van der Waals surface area contributed by atoms with Crippen molar-refractivity contribution in [2.45, 2.75) is 0 Å². The zero-order valence-electron chi connectivity index (χ0n) is 12.5. The molecule has 0 aliphatic carbocycles. The third-order valence-electron chi connectivity index (χ3n) is 2.60. The van der Waals surface area contributed by atoms with Crippen LogP contribution in [0.5, 0.6) is 11.5 Å². The molecule has 0 saturated carbocycles. The second kappa shape index (κ2) is 10.4. The minimum atomic E-state index is -0.335. The summed E-state index contributed by atoms with van der Waals surface area (Å²) in [5.41, 5.74) is 0.756. The predicted octanol–water partition coefficient (Wildman–Crippen LogP) is 3.14. The van der Waals surface area contributed by atoms with E-state index in [0.29, 0.717) is 11.4 Å². The molecule has 2 rings (SSSR count). The second-order valence-electron chi connectivity index (χ2n) is 4.40. The molecule has 6 nitrogen and oxygen atoms in total. The first-order valence-corrected chi connectivity index (χ1v) is 7.82. The highest BCUT2D eigenvalue weighted by Crippen LogP contribution is 2.21. The van der Waals surface area contributed by atoms with Crippen LogP contribution in [0.2, 0.25) is 0 Å². The Morgan fingerprint density at radius 3 is 1.38 bits per heavy atom. The largest absolute Gasteiger partial charge is 0.506 e. The Bertz CT molecular complexity index is 636. The molecular formula is C16H16Cl2N2O4. The van der Waals surface area contributed by atoms with E-state index in [1.165, 1.54) is 12.1 Å². The molecule has 128 valence electrons. The smallest absolute Gasteiger partial charge is 0.239 e. The van der Waals surface area contributed by atoms with E-state index in [-0.39, 0.29) is 35.1 Å². The zero-order chi connectivity index (χ0) is 17.9. The fourth-order valence-electron chi connectivity index (χ4n) is 1.53. The molecule has 2 amide bonds. The van der Waals surface area contributed by atoms with Gasteiger partial charge in [-0.25, -0.2) is 0 Å². The molecule has 2 aromatic rings. The van der Waals surface area contributed by atoms with Gasteiger partial charge in [0.2, 0.25) is 11.8 Å². The Labute approximate surface area is 149 Å². The van der Waals surface area contributed by atoms with Gasteiger partial charge in [-0.15, -0.1) is 23.2 Å². The average molecular weight is 371 g/mol. The molecule has 0 bridgehead atoms. The summed E-state index contributed by atoms with van der Waals surface area (Å²) in [5, 5.41) is 23.3. The first-order valence-electron chi connectivity index (χ1n) is 6.75. The number of anilines is 2. The Morgan fingerprint density at radius 1 is 0.750 bits per heavy atom. The first kappa shape index (κ1) is 19.6. The lowest BCUT2D eigenvalue weighted by Gasteiger charge is -2.03. The van der Waals surface area contributed by atoms with Gasteiger partial charge in [0.05, 0.1) is 11.4 Å². The maximum atomic E-state index is 10.8. The van der Waals surface area contributed by atoms with E-state index in [1.54, 1.807) is 36.4 Å². The van der Waals surface area contributed by atoms with Gasteiger partial charge in [-0.1, -0.05) is 24.3 Å². The quantitative estimate of drug-likeness (QED) is 0.490. The highest BCUT2D eigenvalue weighted by Gasteiger charge is 2.03. The molecule has 0 spiro atoms. The van der Waals surface area contributed by atoms with Crippen LogP contribution in [0.25, 0.3) is 0 Å². The molecule has 24 heavy (non-hydrogen) atoms. The SMILES string of the molecule is O=C(CCl)Nc1ccccc1O.O=C(CCl)Nc1ccccc1O. The summed E-state index contributed by atoms with van der Waals surface area (Å²) in [7, 11) is 0. The number of hydrogen-bond acceptors (Lipinski definition) is 4. The van der Waals surface area contributed by atoms with Crippen LogP contribution in [-0.4, -0.2) is 33.8 Å². The number of rotatable bonds is 4. The van der Waals surface area contributed by atoms with Crippen LogP contribution in [0.1, 0.15) is 0 Å². The number of halogens is 2. The van der Waals surface area contributed by atoms with Crippen LogP contribution in [-0.2, 0) is 9.59 Å². The summed E-state index contributed by atoms with van der Waals surface area (Å²) >= 11 is 10.5. The molecule has 0 aliphatic rings. The molecule has 0 unspecified atom stereocenters. The number of benzene rings is 2. The van der Waals surface area contributed by atoms with Crippen molar-refractivity contribution in [3.8, 4) is 11.5 Å². The number of nitrogens with one attached hydrogen (secondary N) is 2. The van der Waals surface area contributed by atoms with Crippen molar-refractivity contribution in [3.05, 3.63) is 48.5 Å². The molecular weight excluding hydrogens is 355 g/mol. The molecule has 4 N–H and O–H groups in total. The van der Waals surface area contributed by atoms with E-state index in [9.17, 15) is 19.8 Å². The topological polar surface area (TPSA) is 98.7 Å². The van der Waals surface area contributed by atoms with Crippen LogP contribution < -0.4 is 10.6 Å². The maximum Gasteiger partial charge on any atom is 0.239 e. The number of hydrogen-bond donors (Lipinski definition) is 4. The maximum absolute atomic E-state index is 10.8. The molecule has 0 aliphatic heterocycles. The zero-order valence-corrected chi connectivity index (χ0v) is 14.0. The lowest BCUT2D eigenvalue weighted by molar-refractivity contribution is -0.114. The van der Waals surface area contributed by atoms with Gasteiger partial charge in [0.1, 0.15) is 23.3 Å². The third-order valence-corrected chi connectivity index (χ3v) is 3.08. The highest BCUT2D eigenvalue weighted by molar-refractivity contribution is 6.29. The van der Waals surface area contributed by atoms with Crippen molar-refractivity contribution in [1.29, 1.82) is 0 Å². The molecule has 2 aromatic carbocycles. The summed E-state index contributed by atoms with van der Waals surface area (Å²) in [6.45, 7) is 0. The van der Waals surface area contributed by atoms with Gasteiger partial charge in [-0.05, 0) is 24.3 Å². The van der Waals surface area contributed by atoms with Crippen LogP contribution in [0.15, 0.2) is 48.5 Å². The van der Waals surface area contributed by atoms with Gasteiger partial charge >= 0.3 is 0 Å². The van der Waals surface area contributed by atoms with E-state index in [1.807, 2.05) is 0 Å². The lowest BCUT2D eigenvalue weighted by Crippen LogP contribution is -2.12. The predicted molar refractivity (Wildman–Crippen MR) is 94.9 cm³/mol. The molecule has 0 radical (unpaired) electrons. The third kappa shape index (κ3) is 6.76. The summed E-state index contributed by atoms with van der Waals surface area (Å²) in [5.74, 6) is -0.828. The number of aromatic hydroxyl groups is 2. The Kier molecular flexibility index (Phi) is 8.46. The summed E-state index contributed by atoms with van der Waals surface area (Å²) in [6, 6.07) is 12.9. The fourth-order valence-corrected chi connectivity index (χ4v) is 1.66. The average Bonchev–Trinajstić information content (AvgIpc) is 2.59. The number of phenols is 2. The molecule has 0 heterocycles. The minimum absolute atomic E-state index is 0.0379. The van der Waals surface area contributed by atoms with Crippen LogP contribution in [0, 0.1) is 0 Å². The van der Waals surface area contributed by atoms with E-state index >= 15 is 0 Å². The number of carbonyl (C=O) groups is 2. The number of para-hydroxylation sites is 4. The fraction of sp³-hybridized carbons (Fsp3) is 0.125. The second-order valence-corrected chi connectivity index (χ2v) is 4.93. The van der Waals surface area contributed by atoms with Gasteiger partial charge in [-0.2, -0.15) is 0 Å². The van der Waals surface area contributed by atoms with Crippen LogP contribution in [0.3, 0.4) is 0 Å². The number of carbonyl (C=O) groups excluding carboxylic acids is 2. The van der Waals surface area contributed by atoms with Gasteiger partial charge < -0.3 is 20.8 Å². The van der Waals surface area contributed by atoms with Crippen molar-refractivity contribution in [2.75, 3.05) is 22.4 Å². The van der Waals surface area contributed by atoms with E-state index in [4.69, 9.17) is 23.2 Å². The van der Waals surface area contributed by atoms with Crippen LogP contribution >= 0.6 is 23.2 Å². The standard InChI is InChI=1S/2C8H8ClNO2/c2*9-5-8(12)10-6-3-1-2-4-7(6)11/h2*1-4,11H,5H2,(H,10,12). The Morgan fingerprint density at radius 2 is 1.08 bits per heavy atom. The normalized spacial score (nSPS) is 9.42. The molecule has 8 heteroatoms. The van der Waals surface area contributed by atoms with Gasteiger partial charge in [0, 0.05) is 0 Å². The van der Waals surface area contributed by atoms with E-state index in [0.717, 1.165) is 0 Å². The van der Waals surface area contributed by atoms with Crippen molar-refractivity contribution < 1.29 is 19.8 Å². The van der Waals surface area contributed by atoms with Crippen molar-refractivity contribution in [1.82, 2.24) is 0 Å². The van der Waals surface area contributed by atoms with Gasteiger partial charge in [0.25, 0.3) is 0 Å². The van der Waals surface area contributed by atoms with Crippen molar-refractivity contribution in [2.24, 2.45) is 0 Å². The summed E-state index contributed by atoms with van der Waals surface area (Å²) in [6.07, 6.45) is 0. The first-order chi connectivity index (χ1) is 11.5. The summed E-state index contributed by atoms with van der Waals surface area (Å²) < 4.78 is 0. The minimum Gasteiger partial charge on any atom is -0.506 e. The van der Waals surface area contributed by atoms with Crippen molar-refractivity contribution >= 4 is 46.4 Å². The monoisotopic (exact) mass is 370 g/mol. The lowest BCUT2D eigenvalue weighted by atomic mass is 10.3. The highest BCUT2D eigenvalue weighted by atomic mass is 35.5. The van der Waals surface area contributed by atoms with E-state index < -0.39 is 0 Å². The van der Waals surface area contributed by atoms with Crippen molar-refractivity contribution in [3.63, 3.8) is 0 Å². The van der Waals surface area contributed by atoms with Gasteiger partial charge in [-0.3, -0.25) is 9.59 Å². The van der Waals surface area contributed by atoms with Gasteiger partial charge in [0.15, 0.2) is 0 Å². The Hall–Kier alpha value is -2.44. The number of alkyl halides is 2. The van der Waals surface area contributed by atoms with Crippen LogP contribution in [0.4, 0.5) is 11.4 Å². The number of phenolic OH excluding ortho intramolecular Hbond substituents is 2. The molecule has 0 fully saturated rings. The molecule has 0 saturated heterocycles.